The predicted octanol–water partition coefficient (Wildman–Crippen LogP) is 3.22. The summed E-state index contributed by atoms with van der Waals surface area (Å²) in [5.41, 5.74) is 0.00623. The van der Waals surface area contributed by atoms with Gasteiger partial charge >= 0.3 is 6.36 Å². The Morgan fingerprint density at radius 3 is 2.50 bits per heavy atom. The molecule has 1 aromatic rings. The van der Waals surface area contributed by atoms with Crippen LogP contribution in [0.1, 0.15) is 5.56 Å². The van der Waals surface area contributed by atoms with Crippen molar-refractivity contribution >= 4 is 11.6 Å². The fourth-order valence-corrected chi connectivity index (χ4v) is 0.987. The van der Waals surface area contributed by atoms with E-state index in [1.807, 2.05) is 0 Å². The summed E-state index contributed by atoms with van der Waals surface area (Å²) < 4.78 is 39.2. The Balaban J connectivity index is 3.07. The Labute approximate surface area is 83.4 Å². The number of benzene rings is 1. The molecule has 0 heterocycles. The molecule has 0 aromatic heterocycles. The van der Waals surface area contributed by atoms with Crippen LogP contribution in [0.5, 0.6) is 5.75 Å². The second kappa shape index (κ2) is 3.81. The van der Waals surface area contributed by atoms with Crippen molar-refractivity contribution in [1.82, 2.24) is 0 Å². The maximum Gasteiger partial charge on any atom is 0.573 e. The van der Waals surface area contributed by atoms with Crippen LogP contribution in [0.2, 0.25) is 5.02 Å². The summed E-state index contributed by atoms with van der Waals surface area (Å²) in [5.74, 6) is 1.60. The molecule has 0 amide bonds. The van der Waals surface area contributed by atoms with E-state index in [0.29, 0.717) is 0 Å². The second-order valence-corrected chi connectivity index (χ2v) is 2.77. The molecule has 1 aromatic carbocycles. The summed E-state index contributed by atoms with van der Waals surface area (Å²) >= 11 is 5.49. The molecule has 0 radical (unpaired) electrons. The Morgan fingerprint density at radius 1 is 1.36 bits per heavy atom. The Hall–Kier alpha value is -1.34. The van der Waals surface area contributed by atoms with Crippen LogP contribution < -0.4 is 4.74 Å². The number of hydrogen-bond donors (Lipinski definition) is 0. The smallest absolute Gasteiger partial charge is 0.404 e. The van der Waals surface area contributed by atoms with Crippen LogP contribution in [0.3, 0.4) is 0 Å². The van der Waals surface area contributed by atoms with Crippen LogP contribution in [0.25, 0.3) is 0 Å². The third-order valence-electron chi connectivity index (χ3n) is 1.32. The van der Waals surface area contributed by atoms with Crippen molar-refractivity contribution in [3.05, 3.63) is 28.8 Å². The van der Waals surface area contributed by atoms with E-state index in [-0.39, 0.29) is 10.6 Å². The number of rotatable bonds is 1. The molecule has 0 aliphatic rings. The minimum absolute atomic E-state index is 0.00623. The summed E-state index contributed by atoms with van der Waals surface area (Å²) in [5, 5.41) is 0.128. The van der Waals surface area contributed by atoms with Gasteiger partial charge in [0, 0.05) is 11.1 Å². The number of hydrogen-bond acceptors (Lipinski definition) is 1. The molecule has 14 heavy (non-hydrogen) atoms. The molecular weight excluding hydrogens is 217 g/mol. The molecule has 0 fully saturated rings. The Bertz CT molecular complexity index is 379. The molecule has 0 saturated heterocycles. The largest absolute Gasteiger partial charge is 0.573 e. The van der Waals surface area contributed by atoms with Crippen molar-refractivity contribution in [1.29, 1.82) is 0 Å². The third-order valence-corrected chi connectivity index (χ3v) is 1.56. The normalized spacial score (nSPS) is 10.8. The van der Waals surface area contributed by atoms with Gasteiger partial charge in [0.2, 0.25) is 0 Å². The highest BCUT2D eigenvalue weighted by molar-refractivity contribution is 6.30. The first-order valence-electron chi connectivity index (χ1n) is 3.44. The number of halogens is 4. The molecule has 0 aliphatic carbocycles. The van der Waals surface area contributed by atoms with Crippen LogP contribution in [0.4, 0.5) is 13.2 Å². The lowest BCUT2D eigenvalue weighted by Crippen LogP contribution is -2.17. The van der Waals surface area contributed by atoms with Crippen LogP contribution in [0, 0.1) is 12.3 Å². The molecule has 0 unspecified atom stereocenters. The van der Waals surface area contributed by atoms with Gasteiger partial charge in [0.15, 0.2) is 0 Å². The van der Waals surface area contributed by atoms with Gasteiger partial charge in [0.05, 0.1) is 5.56 Å². The third kappa shape index (κ3) is 2.86. The summed E-state index contributed by atoms with van der Waals surface area (Å²) in [6, 6.07) is 3.69. The molecular formula is C9H4ClF3O. The summed E-state index contributed by atoms with van der Waals surface area (Å²) in [6.07, 6.45) is 0.212. The van der Waals surface area contributed by atoms with Gasteiger partial charge in [-0.25, -0.2) is 0 Å². The monoisotopic (exact) mass is 220 g/mol. The van der Waals surface area contributed by atoms with Gasteiger partial charge in [-0.3, -0.25) is 0 Å². The van der Waals surface area contributed by atoms with E-state index >= 15 is 0 Å². The Morgan fingerprint density at radius 2 is 2.00 bits per heavy atom. The second-order valence-electron chi connectivity index (χ2n) is 2.33. The number of terminal acetylenes is 1. The molecule has 5 heteroatoms. The van der Waals surface area contributed by atoms with Gasteiger partial charge in [-0.05, 0) is 12.1 Å². The fraction of sp³-hybridized carbons (Fsp3) is 0.111. The summed E-state index contributed by atoms with van der Waals surface area (Å²) in [7, 11) is 0. The van der Waals surface area contributed by atoms with Gasteiger partial charge in [0.1, 0.15) is 5.75 Å². The van der Waals surface area contributed by atoms with E-state index in [2.05, 4.69) is 10.7 Å². The molecule has 0 N–H and O–H groups in total. The molecule has 1 rings (SSSR count). The van der Waals surface area contributed by atoms with Gasteiger partial charge < -0.3 is 4.74 Å². The molecule has 0 saturated carbocycles. The summed E-state index contributed by atoms with van der Waals surface area (Å²) in [4.78, 5) is 0. The van der Waals surface area contributed by atoms with Gasteiger partial charge in [-0.2, -0.15) is 0 Å². The van der Waals surface area contributed by atoms with Crippen molar-refractivity contribution in [2.45, 2.75) is 6.36 Å². The number of ether oxygens (including phenoxy) is 1. The quantitative estimate of drug-likeness (QED) is 0.661. The molecule has 0 atom stereocenters. The lowest BCUT2D eigenvalue weighted by atomic mass is 10.2. The van der Waals surface area contributed by atoms with E-state index < -0.39 is 12.1 Å². The Kier molecular flexibility index (Phi) is 2.92. The first kappa shape index (κ1) is 10.7. The molecule has 74 valence electrons. The van der Waals surface area contributed by atoms with Crippen molar-refractivity contribution in [2.75, 3.05) is 0 Å². The minimum Gasteiger partial charge on any atom is -0.404 e. The first-order valence-corrected chi connectivity index (χ1v) is 3.82. The van der Waals surface area contributed by atoms with Crippen LogP contribution in [0.15, 0.2) is 18.2 Å². The van der Waals surface area contributed by atoms with Crippen molar-refractivity contribution < 1.29 is 17.9 Å². The highest BCUT2D eigenvalue weighted by atomic mass is 35.5. The van der Waals surface area contributed by atoms with Crippen molar-refractivity contribution in [2.24, 2.45) is 0 Å². The fourth-order valence-electron chi connectivity index (χ4n) is 0.825. The molecule has 0 aliphatic heterocycles. The summed E-state index contributed by atoms with van der Waals surface area (Å²) in [6.45, 7) is 0. The maximum absolute atomic E-state index is 11.9. The standard InChI is InChI=1S/C9H4ClF3O/c1-2-6-3-4-7(10)5-8(6)14-9(11,12)13/h1,3-5H. The van der Waals surface area contributed by atoms with Gasteiger partial charge in [-0.1, -0.05) is 17.5 Å². The van der Waals surface area contributed by atoms with Gasteiger partial charge in [0.25, 0.3) is 0 Å². The van der Waals surface area contributed by atoms with Crippen LogP contribution in [-0.4, -0.2) is 6.36 Å². The zero-order valence-corrected chi connectivity index (χ0v) is 7.49. The lowest BCUT2D eigenvalue weighted by Gasteiger charge is -2.10. The van der Waals surface area contributed by atoms with Crippen molar-refractivity contribution in [3.63, 3.8) is 0 Å². The zero-order chi connectivity index (χ0) is 10.8. The van der Waals surface area contributed by atoms with Crippen LogP contribution >= 0.6 is 11.6 Å². The lowest BCUT2D eigenvalue weighted by molar-refractivity contribution is -0.274. The van der Waals surface area contributed by atoms with Crippen molar-refractivity contribution in [3.8, 4) is 18.1 Å². The van der Waals surface area contributed by atoms with Gasteiger partial charge in [-0.15, -0.1) is 19.6 Å². The maximum atomic E-state index is 11.9. The molecule has 1 nitrogen and oxygen atoms in total. The SMILES string of the molecule is C#Cc1ccc(Cl)cc1OC(F)(F)F. The minimum atomic E-state index is -4.77. The first-order chi connectivity index (χ1) is 6.42. The van der Waals surface area contributed by atoms with E-state index in [9.17, 15) is 13.2 Å². The van der Waals surface area contributed by atoms with E-state index in [1.54, 1.807) is 0 Å². The number of alkyl halides is 3. The highest BCUT2D eigenvalue weighted by Crippen LogP contribution is 2.28. The van der Waals surface area contributed by atoms with E-state index in [4.69, 9.17) is 18.0 Å². The highest BCUT2D eigenvalue weighted by Gasteiger charge is 2.32. The topological polar surface area (TPSA) is 9.23 Å². The van der Waals surface area contributed by atoms with E-state index in [1.165, 1.54) is 12.1 Å². The molecule has 0 spiro atoms. The predicted molar refractivity (Wildman–Crippen MR) is 46.1 cm³/mol. The average molecular weight is 221 g/mol. The van der Waals surface area contributed by atoms with Crippen LogP contribution in [-0.2, 0) is 0 Å². The van der Waals surface area contributed by atoms with E-state index in [0.717, 1.165) is 6.07 Å². The molecule has 0 bridgehead atoms. The average Bonchev–Trinajstić information content (AvgIpc) is 2.01. The zero-order valence-electron chi connectivity index (χ0n) is 6.73.